The van der Waals surface area contributed by atoms with Crippen LogP contribution in [0.4, 0.5) is 0 Å². The first-order valence-electron chi connectivity index (χ1n) is 7.21. The summed E-state index contributed by atoms with van der Waals surface area (Å²) in [5.41, 5.74) is 1.46. The van der Waals surface area contributed by atoms with Crippen molar-refractivity contribution in [3.8, 4) is 0 Å². The fourth-order valence-corrected chi connectivity index (χ4v) is 3.65. The average molecular weight is 259 g/mol. The van der Waals surface area contributed by atoms with Gasteiger partial charge in [0.2, 0.25) is 5.91 Å². The van der Waals surface area contributed by atoms with Crippen molar-refractivity contribution < 1.29 is 9.90 Å². The van der Waals surface area contributed by atoms with Gasteiger partial charge in [-0.05, 0) is 18.4 Å². The molecule has 1 aromatic rings. The van der Waals surface area contributed by atoms with E-state index in [4.69, 9.17) is 0 Å². The van der Waals surface area contributed by atoms with Crippen LogP contribution in [0.2, 0.25) is 0 Å². The van der Waals surface area contributed by atoms with Crippen molar-refractivity contribution in [3.05, 3.63) is 35.9 Å². The van der Waals surface area contributed by atoms with Gasteiger partial charge in [0.05, 0.1) is 12.5 Å². The van der Waals surface area contributed by atoms with Gasteiger partial charge >= 0.3 is 0 Å². The highest BCUT2D eigenvalue weighted by molar-refractivity contribution is 5.79. The van der Waals surface area contributed by atoms with Crippen molar-refractivity contribution in [2.45, 2.75) is 43.6 Å². The van der Waals surface area contributed by atoms with E-state index in [0.717, 1.165) is 19.4 Å². The summed E-state index contributed by atoms with van der Waals surface area (Å²) in [5, 5.41) is 9.64. The van der Waals surface area contributed by atoms with Crippen molar-refractivity contribution >= 4 is 5.91 Å². The van der Waals surface area contributed by atoms with Crippen molar-refractivity contribution in [3.63, 3.8) is 0 Å². The minimum atomic E-state index is -0.471. The minimum absolute atomic E-state index is 0.106. The quantitative estimate of drug-likeness (QED) is 0.903. The molecule has 1 aliphatic heterocycles. The van der Waals surface area contributed by atoms with Crippen LogP contribution >= 0.6 is 0 Å². The second kappa shape index (κ2) is 4.97. The van der Waals surface area contributed by atoms with Gasteiger partial charge in [-0.15, -0.1) is 0 Å². The van der Waals surface area contributed by atoms with Crippen LogP contribution in [0.1, 0.15) is 37.7 Å². The van der Waals surface area contributed by atoms with Gasteiger partial charge < -0.3 is 10.0 Å². The first-order valence-corrected chi connectivity index (χ1v) is 7.21. The molecule has 1 saturated carbocycles. The lowest BCUT2D eigenvalue weighted by atomic mass is 9.78. The SMILES string of the molecule is O=C1CC(O)CN1CC1(c2ccccc2)CCCC1. The van der Waals surface area contributed by atoms with Gasteiger partial charge in [0.25, 0.3) is 0 Å². The first-order chi connectivity index (χ1) is 9.20. The number of rotatable bonds is 3. The summed E-state index contributed by atoms with van der Waals surface area (Å²) in [5.74, 6) is 0.106. The molecule has 1 heterocycles. The molecule has 3 heteroatoms. The Balaban J connectivity index is 1.84. The van der Waals surface area contributed by atoms with Crippen LogP contribution in [0.3, 0.4) is 0 Å². The molecule has 1 unspecified atom stereocenters. The van der Waals surface area contributed by atoms with E-state index < -0.39 is 6.10 Å². The van der Waals surface area contributed by atoms with Crippen LogP contribution < -0.4 is 0 Å². The molecule has 2 fully saturated rings. The second-order valence-electron chi connectivity index (χ2n) is 5.99. The molecule has 3 rings (SSSR count). The molecule has 3 nitrogen and oxygen atoms in total. The summed E-state index contributed by atoms with van der Waals surface area (Å²) in [7, 11) is 0. The first kappa shape index (κ1) is 12.7. The maximum Gasteiger partial charge on any atom is 0.225 e. The summed E-state index contributed by atoms with van der Waals surface area (Å²) >= 11 is 0. The third kappa shape index (κ3) is 2.39. The van der Waals surface area contributed by atoms with Crippen LogP contribution in [0.15, 0.2) is 30.3 Å². The Labute approximate surface area is 114 Å². The summed E-state index contributed by atoms with van der Waals surface area (Å²) < 4.78 is 0. The van der Waals surface area contributed by atoms with Gasteiger partial charge in [0, 0.05) is 18.5 Å². The van der Waals surface area contributed by atoms with E-state index in [9.17, 15) is 9.90 Å². The molecule has 1 saturated heterocycles. The Bertz CT molecular complexity index is 451. The lowest BCUT2D eigenvalue weighted by Crippen LogP contribution is -2.40. The molecule has 2 aliphatic rings. The molecular formula is C16H21NO2. The number of aliphatic hydroxyl groups excluding tert-OH is 1. The third-order valence-electron chi connectivity index (χ3n) is 4.63. The van der Waals surface area contributed by atoms with Crippen LogP contribution in [-0.2, 0) is 10.2 Å². The predicted molar refractivity (Wildman–Crippen MR) is 73.8 cm³/mol. The number of likely N-dealkylation sites (tertiary alicyclic amines) is 1. The van der Waals surface area contributed by atoms with E-state index in [0.29, 0.717) is 13.0 Å². The van der Waals surface area contributed by atoms with Gasteiger partial charge in [-0.1, -0.05) is 43.2 Å². The number of aliphatic hydroxyl groups is 1. The van der Waals surface area contributed by atoms with Crippen molar-refractivity contribution in [1.29, 1.82) is 0 Å². The standard InChI is InChI=1S/C16H21NO2/c18-14-10-15(19)17(11-14)12-16(8-4-5-9-16)13-6-2-1-3-7-13/h1-3,6-7,14,18H,4-5,8-12H2. The Hall–Kier alpha value is -1.35. The van der Waals surface area contributed by atoms with E-state index in [1.165, 1.54) is 18.4 Å². The van der Waals surface area contributed by atoms with Gasteiger partial charge in [0.15, 0.2) is 0 Å². The fraction of sp³-hybridized carbons (Fsp3) is 0.562. The molecule has 1 atom stereocenters. The number of hydrogen-bond donors (Lipinski definition) is 1. The van der Waals surface area contributed by atoms with Crippen LogP contribution in [0.25, 0.3) is 0 Å². The topological polar surface area (TPSA) is 40.5 Å². The molecule has 0 aromatic heterocycles. The van der Waals surface area contributed by atoms with Crippen molar-refractivity contribution in [2.24, 2.45) is 0 Å². The second-order valence-corrected chi connectivity index (χ2v) is 5.99. The zero-order chi connectivity index (χ0) is 13.3. The summed E-state index contributed by atoms with van der Waals surface area (Å²) in [4.78, 5) is 13.8. The molecule has 19 heavy (non-hydrogen) atoms. The molecule has 0 bridgehead atoms. The molecule has 1 aromatic carbocycles. The molecule has 0 spiro atoms. The van der Waals surface area contributed by atoms with Crippen molar-refractivity contribution in [1.82, 2.24) is 4.90 Å². The smallest absolute Gasteiger partial charge is 0.225 e. The maximum atomic E-state index is 11.9. The number of benzene rings is 1. The van der Waals surface area contributed by atoms with Crippen molar-refractivity contribution in [2.75, 3.05) is 13.1 Å². The molecule has 0 radical (unpaired) electrons. The number of hydrogen-bond acceptors (Lipinski definition) is 2. The molecular weight excluding hydrogens is 238 g/mol. The van der Waals surface area contributed by atoms with Gasteiger partial charge in [-0.2, -0.15) is 0 Å². The number of nitrogens with zero attached hydrogens (tertiary/aromatic N) is 1. The van der Waals surface area contributed by atoms with E-state index in [-0.39, 0.29) is 11.3 Å². The highest BCUT2D eigenvalue weighted by Crippen LogP contribution is 2.42. The zero-order valence-electron chi connectivity index (χ0n) is 11.2. The summed E-state index contributed by atoms with van der Waals surface area (Å²) in [6, 6.07) is 10.6. The molecule has 1 aliphatic carbocycles. The fourth-order valence-electron chi connectivity index (χ4n) is 3.65. The van der Waals surface area contributed by atoms with E-state index >= 15 is 0 Å². The number of carbonyl (C=O) groups excluding carboxylic acids is 1. The zero-order valence-corrected chi connectivity index (χ0v) is 11.2. The molecule has 1 amide bonds. The van der Waals surface area contributed by atoms with E-state index in [1.54, 1.807) is 0 Å². The minimum Gasteiger partial charge on any atom is -0.391 e. The van der Waals surface area contributed by atoms with Gasteiger partial charge in [-0.3, -0.25) is 4.79 Å². The Morgan fingerprint density at radius 2 is 1.89 bits per heavy atom. The van der Waals surface area contributed by atoms with Gasteiger partial charge in [0.1, 0.15) is 0 Å². The number of β-amino-alcohol motifs (C(OH)–C–C–N with tert-alkyl or cyclic N) is 1. The Morgan fingerprint density at radius 1 is 1.21 bits per heavy atom. The van der Waals surface area contributed by atoms with Crippen LogP contribution in [0, 0.1) is 0 Å². The lowest BCUT2D eigenvalue weighted by Gasteiger charge is -2.34. The predicted octanol–water partition coefficient (Wildman–Crippen LogP) is 2.09. The van der Waals surface area contributed by atoms with E-state index in [2.05, 4.69) is 24.3 Å². The Kier molecular flexibility index (Phi) is 3.31. The van der Waals surface area contributed by atoms with Gasteiger partial charge in [-0.25, -0.2) is 0 Å². The third-order valence-corrected chi connectivity index (χ3v) is 4.63. The van der Waals surface area contributed by atoms with E-state index in [1.807, 2.05) is 11.0 Å². The summed E-state index contributed by atoms with van der Waals surface area (Å²) in [6.07, 6.45) is 4.60. The van der Waals surface area contributed by atoms with Crippen LogP contribution in [0.5, 0.6) is 0 Å². The van der Waals surface area contributed by atoms with Crippen LogP contribution in [-0.4, -0.2) is 35.1 Å². The summed E-state index contributed by atoms with van der Waals surface area (Å²) in [6.45, 7) is 1.28. The highest BCUT2D eigenvalue weighted by atomic mass is 16.3. The maximum absolute atomic E-state index is 11.9. The monoisotopic (exact) mass is 259 g/mol. The molecule has 102 valence electrons. The number of carbonyl (C=O) groups is 1. The molecule has 1 N–H and O–H groups in total. The lowest BCUT2D eigenvalue weighted by molar-refractivity contribution is -0.128. The Morgan fingerprint density at radius 3 is 2.47 bits per heavy atom. The normalized spacial score (nSPS) is 26.1. The number of amides is 1. The average Bonchev–Trinajstić information content (AvgIpc) is 3.00. The highest BCUT2D eigenvalue weighted by Gasteiger charge is 2.40. The largest absolute Gasteiger partial charge is 0.391 e.